The Morgan fingerprint density at radius 1 is 1.04 bits per heavy atom. The minimum Gasteiger partial charge on any atom is -0.258 e. The van der Waals surface area contributed by atoms with Gasteiger partial charge in [0.15, 0.2) is 0 Å². The normalized spacial score (nSPS) is 11.6. The first-order valence-electron chi connectivity index (χ1n) is 6.73. The molecule has 0 radical (unpaired) electrons. The number of rotatable bonds is 3. The highest BCUT2D eigenvalue weighted by molar-refractivity contribution is 7.99. The van der Waals surface area contributed by atoms with Gasteiger partial charge in [0.1, 0.15) is 0 Å². The molecule has 0 aliphatic carbocycles. The van der Waals surface area contributed by atoms with Crippen molar-refractivity contribution in [1.82, 2.24) is 4.98 Å². The number of nitrogens with zero attached hydrogens (tertiary/aromatic N) is 2. The fourth-order valence-electron chi connectivity index (χ4n) is 2.20. The highest BCUT2D eigenvalue weighted by atomic mass is 32.2. The zero-order chi connectivity index (χ0) is 17.3. The van der Waals surface area contributed by atoms with Crippen molar-refractivity contribution in [3.8, 4) is 0 Å². The Labute approximate surface area is 138 Å². The van der Waals surface area contributed by atoms with Crippen LogP contribution in [0.5, 0.6) is 0 Å². The Bertz CT molecular complexity index is 923. The maximum Gasteiger partial charge on any atom is 0.416 e. The summed E-state index contributed by atoms with van der Waals surface area (Å²) < 4.78 is 38.3. The quantitative estimate of drug-likeness (QED) is 0.474. The second-order valence-electron chi connectivity index (χ2n) is 4.87. The van der Waals surface area contributed by atoms with Crippen LogP contribution in [0.2, 0.25) is 0 Å². The lowest BCUT2D eigenvalue weighted by atomic mass is 10.2. The number of para-hydroxylation sites is 1. The molecule has 0 aliphatic rings. The van der Waals surface area contributed by atoms with E-state index >= 15 is 0 Å². The molecular weight excluding hydrogens is 341 g/mol. The second kappa shape index (κ2) is 6.12. The molecule has 3 aromatic rings. The lowest BCUT2D eigenvalue weighted by molar-refractivity contribution is -0.388. The van der Waals surface area contributed by atoms with Gasteiger partial charge in [-0.25, -0.2) is 0 Å². The molecule has 0 amide bonds. The van der Waals surface area contributed by atoms with Crippen LogP contribution in [-0.4, -0.2) is 9.91 Å². The summed E-state index contributed by atoms with van der Waals surface area (Å²) in [5.74, 6) is 0. The van der Waals surface area contributed by atoms with Gasteiger partial charge in [-0.15, -0.1) is 0 Å². The largest absolute Gasteiger partial charge is 0.416 e. The van der Waals surface area contributed by atoms with E-state index in [1.165, 1.54) is 0 Å². The fraction of sp³-hybridized carbons (Fsp3) is 0.0625. The monoisotopic (exact) mass is 350 g/mol. The van der Waals surface area contributed by atoms with Crippen LogP contribution in [-0.2, 0) is 6.18 Å². The lowest BCUT2D eigenvalue weighted by Gasteiger charge is -2.09. The molecule has 1 heterocycles. The molecule has 0 fully saturated rings. The van der Waals surface area contributed by atoms with Crippen molar-refractivity contribution in [1.29, 1.82) is 0 Å². The minimum absolute atomic E-state index is 0.131. The van der Waals surface area contributed by atoms with Gasteiger partial charge in [-0.2, -0.15) is 13.2 Å². The molecule has 0 saturated heterocycles. The van der Waals surface area contributed by atoms with Gasteiger partial charge in [-0.05, 0) is 24.3 Å². The Kier molecular flexibility index (Phi) is 4.15. The molecule has 8 heteroatoms. The third-order valence-corrected chi connectivity index (χ3v) is 4.41. The maximum absolute atomic E-state index is 12.8. The Balaban J connectivity index is 2.08. The van der Waals surface area contributed by atoms with Crippen LogP contribution in [0.1, 0.15) is 5.56 Å². The number of hydrogen-bond donors (Lipinski definition) is 0. The summed E-state index contributed by atoms with van der Waals surface area (Å²) in [6.07, 6.45) is -3.04. The molecule has 122 valence electrons. The SMILES string of the molecule is O=[N+]([O-])c1cc(C(F)(F)F)ccc1Sc1cccc2cccnc12. The van der Waals surface area contributed by atoms with Gasteiger partial charge in [0.25, 0.3) is 5.69 Å². The Morgan fingerprint density at radius 3 is 2.50 bits per heavy atom. The second-order valence-corrected chi connectivity index (χ2v) is 5.95. The van der Waals surface area contributed by atoms with Crippen LogP contribution >= 0.6 is 11.8 Å². The smallest absolute Gasteiger partial charge is 0.258 e. The van der Waals surface area contributed by atoms with Crippen molar-refractivity contribution in [2.75, 3.05) is 0 Å². The molecule has 0 unspecified atom stereocenters. The average molecular weight is 350 g/mol. The fourth-order valence-corrected chi connectivity index (χ4v) is 3.22. The summed E-state index contributed by atoms with van der Waals surface area (Å²) >= 11 is 1.02. The highest BCUT2D eigenvalue weighted by Crippen LogP contribution is 2.40. The van der Waals surface area contributed by atoms with Crippen molar-refractivity contribution in [3.63, 3.8) is 0 Å². The molecular formula is C16H9F3N2O2S. The molecule has 2 aromatic carbocycles. The summed E-state index contributed by atoms with van der Waals surface area (Å²) in [5, 5.41) is 12.0. The van der Waals surface area contributed by atoms with Crippen LogP contribution < -0.4 is 0 Å². The zero-order valence-electron chi connectivity index (χ0n) is 11.9. The molecule has 3 rings (SSSR count). The molecule has 0 N–H and O–H groups in total. The van der Waals surface area contributed by atoms with Gasteiger partial charge >= 0.3 is 6.18 Å². The predicted octanol–water partition coefficient (Wildman–Crippen LogP) is 5.31. The number of alkyl halides is 3. The molecule has 4 nitrogen and oxygen atoms in total. The Hall–Kier alpha value is -2.61. The van der Waals surface area contributed by atoms with Crippen molar-refractivity contribution >= 4 is 28.4 Å². The third-order valence-electron chi connectivity index (χ3n) is 3.30. The van der Waals surface area contributed by atoms with Gasteiger partial charge < -0.3 is 0 Å². The number of nitro benzene ring substituents is 1. The van der Waals surface area contributed by atoms with E-state index in [4.69, 9.17) is 0 Å². The summed E-state index contributed by atoms with van der Waals surface area (Å²) in [4.78, 5) is 15.4. The summed E-state index contributed by atoms with van der Waals surface area (Å²) in [6, 6.07) is 11.4. The van der Waals surface area contributed by atoms with Crippen molar-refractivity contribution in [3.05, 3.63) is 70.4 Å². The van der Waals surface area contributed by atoms with E-state index in [1.807, 2.05) is 12.1 Å². The summed E-state index contributed by atoms with van der Waals surface area (Å²) in [5.41, 5.74) is -0.989. The molecule has 0 aliphatic heterocycles. The van der Waals surface area contributed by atoms with E-state index in [-0.39, 0.29) is 4.90 Å². The van der Waals surface area contributed by atoms with Gasteiger partial charge in [0.05, 0.1) is 20.9 Å². The van der Waals surface area contributed by atoms with Crippen molar-refractivity contribution in [2.24, 2.45) is 0 Å². The number of fused-ring (bicyclic) bond motifs is 1. The van der Waals surface area contributed by atoms with E-state index in [2.05, 4.69) is 4.98 Å². The highest BCUT2D eigenvalue weighted by Gasteiger charge is 2.33. The molecule has 0 spiro atoms. The number of aromatic nitrogens is 1. The van der Waals surface area contributed by atoms with E-state index in [0.717, 1.165) is 29.3 Å². The molecule has 0 atom stereocenters. The minimum atomic E-state index is -4.63. The van der Waals surface area contributed by atoms with Gasteiger partial charge in [0, 0.05) is 22.5 Å². The van der Waals surface area contributed by atoms with Gasteiger partial charge in [-0.3, -0.25) is 15.1 Å². The van der Waals surface area contributed by atoms with Crippen LogP contribution in [0.15, 0.2) is 64.5 Å². The van der Waals surface area contributed by atoms with E-state index in [9.17, 15) is 23.3 Å². The first-order valence-corrected chi connectivity index (χ1v) is 7.55. The van der Waals surface area contributed by atoms with E-state index in [0.29, 0.717) is 16.5 Å². The number of nitro groups is 1. The van der Waals surface area contributed by atoms with E-state index < -0.39 is 22.4 Å². The first-order chi connectivity index (χ1) is 11.4. The lowest BCUT2D eigenvalue weighted by Crippen LogP contribution is -2.05. The van der Waals surface area contributed by atoms with Crippen LogP contribution in [0.3, 0.4) is 0 Å². The van der Waals surface area contributed by atoms with Gasteiger partial charge in [0.2, 0.25) is 0 Å². The standard InChI is InChI=1S/C16H9F3N2O2S/c17-16(18,19)11-6-7-13(12(9-11)21(22)23)24-14-5-1-3-10-4-2-8-20-15(10)14/h1-9H. The average Bonchev–Trinajstić information content (AvgIpc) is 2.54. The van der Waals surface area contributed by atoms with E-state index in [1.54, 1.807) is 24.4 Å². The van der Waals surface area contributed by atoms with Crippen molar-refractivity contribution in [2.45, 2.75) is 16.0 Å². The van der Waals surface area contributed by atoms with Crippen LogP contribution in [0.25, 0.3) is 10.9 Å². The number of benzene rings is 2. The summed E-state index contributed by atoms with van der Waals surface area (Å²) in [7, 11) is 0. The molecule has 24 heavy (non-hydrogen) atoms. The van der Waals surface area contributed by atoms with Crippen LogP contribution in [0, 0.1) is 10.1 Å². The first kappa shape index (κ1) is 16.3. The zero-order valence-corrected chi connectivity index (χ0v) is 12.8. The third kappa shape index (κ3) is 3.18. The molecule has 1 aromatic heterocycles. The van der Waals surface area contributed by atoms with Crippen LogP contribution in [0.4, 0.5) is 18.9 Å². The molecule has 0 saturated carbocycles. The van der Waals surface area contributed by atoms with Gasteiger partial charge in [-0.1, -0.05) is 30.0 Å². The topological polar surface area (TPSA) is 56.0 Å². The summed E-state index contributed by atoms with van der Waals surface area (Å²) in [6.45, 7) is 0. The maximum atomic E-state index is 12.8. The predicted molar refractivity (Wildman–Crippen MR) is 84.0 cm³/mol. The van der Waals surface area contributed by atoms with Crippen molar-refractivity contribution < 1.29 is 18.1 Å². The number of halogens is 3. The Morgan fingerprint density at radius 2 is 1.79 bits per heavy atom. The number of pyridine rings is 1. The molecule has 0 bridgehead atoms. The number of hydrogen-bond acceptors (Lipinski definition) is 4.